The number of aromatic nitrogens is 1. The SMILES string of the molecule is c1ccc([C@H](NC[C@H]2C[C@@H]2c2ccccc2)c2ccncc2)cc1. The first-order valence-electron chi connectivity index (χ1n) is 8.65. The van der Waals surface area contributed by atoms with Crippen molar-refractivity contribution >= 4 is 0 Å². The summed E-state index contributed by atoms with van der Waals surface area (Å²) in [5.41, 5.74) is 4.05. The monoisotopic (exact) mass is 314 g/mol. The van der Waals surface area contributed by atoms with Crippen LogP contribution in [-0.2, 0) is 0 Å². The van der Waals surface area contributed by atoms with Gasteiger partial charge in [0.2, 0.25) is 0 Å². The molecular formula is C22H22N2. The number of hydrogen-bond donors (Lipinski definition) is 1. The van der Waals surface area contributed by atoms with Crippen LogP contribution in [0.2, 0.25) is 0 Å². The van der Waals surface area contributed by atoms with E-state index in [1.165, 1.54) is 23.1 Å². The molecule has 0 unspecified atom stereocenters. The molecule has 0 radical (unpaired) electrons. The summed E-state index contributed by atoms with van der Waals surface area (Å²) in [6, 6.07) is 26.0. The van der Waals surface area contributed by atoms with Crippen LogP contribution in [0.25, 0.3) is 0 Å². The van der Waals surface area contributed by atoms with Gasteiger partial charge < -0.3 is 5.32 Å². The summed E-state index contributed by atoms with van der Waals surface area (Å²) in [7, 11) is 0. The standard InChI is InChI=1S/C22H22N2/c1-3-7-17(8-4-1)21-15-20(21)16-24-22(18-9-5-2-6-10-18)19-11-13-23-14-12-19/h1-14,20-22,24H,15-16H2/t20-,21-,22+/m1/s1. The Hall–Kier alpha value is -2.45. The molecule has 1 heterocycles. The lowest BCUT2D eigenvalue weighted by molar-refractivity contribution is 0.566. The first kappa shape index (κ1) is 15.1. The predicted molar refractivity (Wildman–Crippen MR) is 97.8 cm³/mol. The van der Waals surface area contributed by atoms with E-state index in [9.17, 15) is 0 Å². The maximum absolute atomic E-state index is 4.15. The van der Waals surface area contributed by atoms with E-state index in [-0.39, 0.29) is 6.04 Å². The Bertz CT molecular complexity index is 716. The van der Waals surface area contributed by atoms with Crippen molar-refractivity contribution in [2.45, 2.75) is 18.4 Å². The number of nitrogens with zero attached hydrogens (tertiary/aromatic N) is 1. The first-order valence-corrected chi connectivity index (χ1v) is 8.65. The third kappa shape index (κ3) is 3.39. The molecule has 1 N–H and O–H groups in total. The van der Waals surface area contributed by atoms with Crippen molar-refractivity contribution < 1.29 is 0 Å². The summed E-state index contributed by atoms with van der Waals surface area (Å²) in [6.07, 6.45) is 5.03. The molecule has 0 aliphatic heterocycles. The fraction of sp³-hybridized carbons (Fsp3) is 0.227. The maximum atomic E-state index is 4.15. The summed E-state index contributed by atoms with van der Waals surface area (Å²) < 4.78 is 0. The van der Waals surface area contributed by atoms with Gasteiger partial charge in [0.15, 0.2) is 0 Å². The minimum Gasteiger partial charge on any atom is -0.306 e. The van der Waals surface area contributed by atoms with Crippen LogP contribution in [0, 0.1) is 5.92 Å². The van der Waals surface area contributed by atoms with Crippen molar-refractivity contribution in [2.75, 3.05) is 6.54 Å². The van der Waals surface area contributed by atoms with Gasteiger partial charge in [-0.2, -0.15) is 0 Å². The summed E-state index contributed by atoms with van der Waals surface area (Å²) in [6.45, 7) is 1.04. The summed E-state index contributed by atoms with van der Waals surface area (Å²) in [5, 5.41) is 3.79. The van der Waals surface area contributed by atoms with Gasteiger partial charge >= 0.3 is 0 Å². The lowest BCUT2D eigenvalue weighted by Crippen LogP contribution is -2.25. The average Bonchev–Trinajstić information content (AvgIpc) is 3.44. The molecule has 24 heavy (non-hydrogen) atoms. The molecule has 0 saturated heterocycles. The largest absolute Gasteiger partial charge is 0.306 e. The van der Waals surface area contributed by atoms with Gasteiger partial charge in [-0.05, 0) is 53.6 Å². The van der Waals surface area contributed by atoms with E-state index in [4.69, 9.17) is 0 Å². The first-order chi connectivity index (χ1) is 11.9. The Kier molecular flexibility index (Phi) is 4.39. The van der Waals surface area contributed by atoms with Gasteiger partial charge in [-0.25, -0.2) is 0 Å². The highest BCUT2D eigenvalue weighted by molar-refractivity contribution is 5.31. The van der Waals surface area contributed by atoms with Crippen LogP contribution in [0.3, 0.4) is 0 Å². The average molecular weight is 314 g/mol. The van der Waals surface area contributed by atoms with E-state index in [1.54, 1.807) is 0 Å². The number of nitrogens with one attached hydrogen (secondary N) is 1. The summed E-state index contributed by atoms with van der Waals surface area (Å²) in [4.78, 5) is 4.15. The molecule has 4 rings (SSSR count). The highest BCUT2D eigenvalue weighted by Crippen LogP contribution is 2.47. The van der Waals surface area contributed by atoms with Gasteiger partial charge in [-0.3, -0.25) is 4.98 Å². The molecule has 1 saturated carbocycles. The number of rotatable bonds is 6. The molecule has 1 aromatic heterocycles. The van der Waals surface area contributed by atoms with Crippen LogP contribution < -0.4 is 5.32 Å². The van der Waals surface area contributed by atoms with Gasteiger partial charge in [0, 0.05) is 12.4 Å². The molecule has 0 spiro atoms. The Morgan fingerprint density at radius 1 is 0.833 bits per heavy atom. The van der Waals surface area contributed by atoms with Gasteiger partial charge in [-0.15, -0.1) is 0 Å². The van der Waals surface area contributed by atoms with E-state index in [0.717, 1.165) is 12.5 Å². The predicted octanol–water partition coefficient (Wildman–Crippen LogP) is 4.56. The Labute approximate surface area is 143 Å². The van der Waals surface area contributed by atoms with Gasteiger partial charge in [-0.1, -0.05) is 60.7 Å². The lowest BCUT2D eigenvalue weighted by Gasteiger charge is -2.20. The van der Waals surface area contributed by atoms with Crippen molar-refractivity contribution in [2.24, 2.45) is 5.92 Å². The quantitative estimate of drug-likeness (QED) is 0.721. The van der Waals surface area contributed by atoms with Crippen LogP contribution in [0.15, 0.2) is 85.2 Å². The van der Waals surface area contributed by atoms with Crippen LogP contribution in [0.5, 0.6) is 0 Å². The van der Waals surface area contributed by atoms with Crippen LogP contribution in [0.1, 0.15) is 35.1 Å². The van der Waals surface area contributed by atoms with Crippen LogP contribution >= 0.6 is 0 Å². The van der Waals surface area contributed by atoms with Gasteiger partial charge in [0.05, 0.1) is 6.04 Å². The molecule has 1 aliphatic carbocycles. The normalized spacial score (nSPS) is 20.5. The van der Waals surface area contributed by atoms with Crippen molar-refractivity contribution in [3.05, 3.63) is 102 Å². The van der Waals surface area contributed by atoms with E-state index in [1.807, 2.05) is 12.4 Å². The lowest BCUT2D eigenvalue weighted by atomic mass is 9.99. The van der Waals surface area contributed by atoms with Crippen molar-refractivity contribution in [3.63, 3.8) is 0 Å². The molecule has 2 heteroatoms. The van der Waals surface area contributed by atoms with Gasteiger partial charge in [0.25, 0.3) is 0 Å². The molecule has 0 amide bonds. The molecule has 3 aromatic rings. The third-order valence-electron chi connectivity index (χ3n) is 4.91. The Morgan fingerprint density at radius 3 is 2.17 bits per heavy atom. The zero-order valence-corrected chi connectivity index (χ0v) is 13.7. The second kappa shape index (κ2) is 6.98. The maximum Gasteiger partial charge on any atom is 0.0577 e. The number of hydrogen-bond acceptors (Lipinski definition) is 2. The molecular weight excluding hydrogens is 292 g/mol. The molecule has 120 valence electrons. The molecule has 0 bridgehead atoms. The number of pyridine rings is 1. The number of benzene rings is 2. The van der Waals surface area contributed by atoms with E-state index >= 15 is 0 Å². The summed E-state index contributed by atoms with van der Waals surface area (Å²) in [5.74, 6) is 1.45. The van der Waals surface area contributed by atoms with Crippen LogP contribution in [0.4, 0.5) is 0 Å². The molecule has 2 aromatic carbocycles. The second-order valence-corrected chi connectivity index (χ2v) is 6.55. The minimum absolute atomic E-state index is 0.228. The molecule has 2 nitrogen and oxygen atoms in total. The highest BCUT2D eigenvalue weighted by Gasteiger charge is 2.38. The molecule has 1 aliphatic rings. The Morgan fingerprint density at radius 2 is 1.46 bits per heavy atom. The van der Waals surface area contributed by atoms with Crippen LogP contribution in [-0.4, -0.2) is 11.5 Å². The Balaban J connectivity index is 1.46. The summed E-state index contributed by atoms with van der Waals surface area (Å²) >= 11 is 0. The zero-order chi connectivity index (χ0) is 16.2. The topological polar surface area (TPSA) is 24.9 Å². The molecule has 1 fully saturated rings. The molecule has 3 atom stereocenters. The van der Waals surface area contributed by atoms with Crippen molar-refractivity contribution in [1.29, 1.82) is 0 Å². The van der Waals surface area contributed by atoms with E-state index in [0.29, 0.717) is 5.92 Å². The highest BCUT2D eigenvalue weighted by atomic mass is 14.9. The van der Waals surface area contributed by atoms with Crippen molar-refractivity contribution in [3.8, 4) is 0 Å². The smallest absolute Gasteiger partial charge is 0.0577 e. The van der Waals surface area contributed by atoms with E-state index < -0.39 is 0 Å². The zero-order valence-electron chi connectivity index (χ0n) is 13.7. The third-order valence-corrected chi connectivity index (χ3v) is 4.91. The fourth-order valence-corrected chi connectivity index (χ4v) is 3.48. The second-order valence-electron chi connectivity index (χ2n) is 6.55. The van der Waals surface area contributed by atoms with Crippen molar-refractivity contribution in [1.82, 2.24) is 10.3 Å². The fourth-order valence-electron chi connectivity index (χ4n) is 3.48. The van der Waals surface area contributed by atoms with E-state index in [2.05, 4.69) is 83.1 Å². The minimum atomic E-state index is 0.228. The van der Waals surface area contributed by atoms with Gasteiger partial charge in [0.1, 0.15) is 0 Å².